The summed E-state index contributed by atoms with van der Waals surface area (Å²) in [6, 6.07) is 5.16. The summed E-state index contributed by atoms with van der Waals surface area (Å²) in [5.41, 5.74) is 1.39. The highest BCUT2D eigenvalue weighted by molar-refractivity contribution is 5.89. The maximum Gasteiger partial charge on any atom is 0.405 e. The predicted octanol–water partition coefficient (Wildman–Crippen LogP) is 2.81. The lowest BCUT2D eigenvalue weighted by Crippen LogP contribution is -2.47. The maximum atomic E-state index is 12.4. The minimum absolute atomic E-state index is 0.178. The Labute approximate surface area is 189 Å². The van der Waals surface area contributed by atoms with Gasteiger partial charge in [-0.1, -0.05) is 12.8 Å². The molecule has 4 atom stereocenters. The van der Waals surface area contributed by atoms with Gasteiger partial charge in [0.1, 0.15) is 24.5 Å². The number of hydrogen-bond donors (Lipinski definition) is 4. The van der Waals surface area contributed by atoms with Crippen LogP contribution in [0.1, 0.15) is 50.0 Å². The van der Waals surface area contributed by atoms with E-state index in [2.05, 4.69) is 10.6 Å². The molecule has 0 bridgehead atoms. The van der Waals surface area contributed by atoms with Crippen molar-refractivity contribution in [3.05, 3.63) is 23.8 Å². The number of carbonyl (C=O) groups is 2. The molecule has 8 nitrogen and oxygen atoms in total. The van der Waals surface area contributed by atoms with Crippen molar-refractivity contribution in [1.29, 1.82) is 0 Å². The molecule has 3 amide bonds. The topological polar surface area (TPSA) is 109 Å². The van der Waals surface area contributed by atoms with Crippen molar-refractivity contribution in [3.8, 4) is 5.75 Å². The lowest BCUT2D eigenvalue weighted by atomic mass is 9.84. The quantitative estimate of drug-likeness (QED) is 0.510. The van der Waals surface area contributed by atoms with Gasteiger partial charge in [0.05, 0.1) is 19.1 Å². The number of amides is 3. The molecule has 1 aromatic rings. The van der Waals surface area contributed by atoms with Gasteiger partial charge in [0, 0.05) is 23.2 Å². The molecule has 1 saturated heterocycles. The third-order valence-corrected chi connectivity index (χ3v) is 6.35. The molecule has 4 rings (SSSR count). The lowest BCUT2D eigenvalue weighted by Gasteiger charge is -2.37. The third-order valence-electron chi connectivity index (χ3n) is 6.35. The highest BCUT2D eigenvalue weighted by atomic mass is 19.4. The fourth-order valence-corrected chi connectivity index (χ4v) is 4.87. The molecule has 1 saturated carbocycles. The Balaban J connectivity index is 1.41. The molecule has 3 aliphatic rings. The van der Waals surface area contributed by atoms with E-state index in [1.807, 2.05) is 5.32 Å². The van der Waals surface area contributed by atoms with E-state index in [1.54, 1.807) is 18.2 Å². The Hall–Kier alpha value is -2.53. The minimum Gasteiger partial charge on any atom is -0.487 e. The molecular weight excluding hydrogens is 443 g/mol. The van der Waals surface area contributed by atoms with Crippen LogP contribution in [0, 0.1) is 0 Å². The molecule has 182 valence electrons. The summed E-state index contributed by atoms with van der Waals surface area (Å²) in [6.45, 7) is -1.76. The van der Waals surface area contributed by atoms with Gasteiger partial charge >= 0.3 is 12.2 Å². The summed E-state index contributed by atoms with van der Waals surface area (Å²) in [4.78, 5) is 24.3. The molecule has 2 aliphatic heterocycles. The number of anilines is 1. The van der Waals surface area contributed by atoms with Gasteiger partial charge in [0.15, 0.2) is 0 Å². The molecule has 1 aromatic carbocycles. The van der Waals surface area contributed by atoms with E-state index in [0.29, 0.717) is 17.9 Å². The monoisotopic (exact) mass is 471 g/mol. The summed E-state index contributed by atoms with van der Waals surface area (Å²) >= 11 is 0. The summed E-state index contributed by atoms with van der Waals surface area (Å²) in [5, 5.41) is 17.4. The molecule has 2 heterocycles. The van der Waals surface area contributed by atoms with Gasteiger partial charge in [-0.3, -0.25) is 4.79 Å². The summed E-state index contributed by atoms with van der Waals surface area (Å²) < 4.78 is 48.8. The van der Waals surface area contributed by atoms with Gasteiger partial charge in [0.25, 0.3) is 0 Å². The van der Waals surface area contributed by atoms with E-state index >= 15 is 0 Å². The first-order valence-electron chi connectivity index (χ1n) is 11.2. The number of nitrogens with one attached hydrogen (secondary N) is 3. The Morgan fingerprint density at radius 3 is 2.64 bits per heavy atom. The Kier molecular flexibility index (Phi) is 6.99. The van der Waals surface area contributed by atoms with Gasteiger partial charge in [-0.25, -0.2) is 4.79 Å². The van der Waals surface area contributed by atoms with Crippen molar-refractivity contribution >= 4 is 17.6 Å². The second kappa shape index (κ2) is 9.76. The summed E-state index contributed by atoms with van der Waals surface area (Å²) in [6.07, 6.45) is -2.15. The largest absolute Gasteiger partial charge is 0.487 e. The molecule has 4 N–H and O–H groups in total. The SMILES string of the molecule is O=C(C[C@@H]1C[C@@H]2c3cc(NC(=O)NC4CCCC4)ccc3O[C@@H]2[C@H](CO)O1)NCC(F)(F)F. The number of urea groups is 1. The van der Waals surface area contributed by atoms with Crippen molar-refractivity contribution in [1.82, 2.24) is 10.6 Å². The second-order valence-corrected chi connectivity index (χ2v) is 8.83. The molecule has 2 fully saturated rings. The van der Waals surface area contributed by atoms with Crippen LogP contribution in [0.15, 0.2) is 18.2 Å². The van der Waals surface area contributed by atoms with Crippen molar-refractivity contribution in [2.75, 3.05) is 18.5 Å². The number of hydrogen-bond acceptors (Lipinski definition) is 5. The predicted molar refractivity (Wildman–Crippen MR) is 112 cm³/mol. The molecule has 0 unspecified atom stereocenters. The second-order valence-electron chi connectivity index (χ2n) is 8.83. The zero-order valence-electron chi connectivity index (χ0n) is 18.0. The van der Waals surface area contributed by atoms with Gasteiger partial charge in [-0.15, -0.1) is 0 Å². The van der Waals surface area contributed by atoms with Crippen LogP contribution in [0.5, 0.6) is 5.75 Å². The first-order valence-corrected chi connectivity index (χ1v) is 11.2. The average molecular weight is 471 g/mol. The van der Waals surface area contributed by atoms with E-state index in [0.717, 1.165) is 31.2 Å². The zero-order valence-corrected chi connectivity index (χ0v) is 18.0. The smallest absolute Gasteiger partial charge is 0.405 e. The van der Waals surface area contributed by atoms with Gasteiger partial charge in [-0.2, -0.15) is 13.2 Å². The normalized spacial score (nSPS) is 26.8. The van der Waals surface area contributed by atoms with Gasteiger partial charge < -0.3 is 30.5 Å². The number of carbonyl (C=O) groups excluding carboxylic acids is 2. The lowest BCUT2D eigenvalue weighted by molar-refractivity contribution is -0.149. The number of aliphatic hydroxyl groups is 1. The molecule has 0 spiro atoms. The van der Waals surface area contributed by atoms with Gasteiger partial charge in [-0.05, 0) is 37.5 Å². The third kappa shape index (κ3) is 5.89. The van der Waals surface area contributed by atoms with E-state index in [1.165, 1.54) is 0 Å². The average Bonchev–Trinajstić information content (AvgIpc) is 3.39. The molecule has 0 radical (unpaired) electrons. The molecule has 0 aromatic heterocycles. The van der Waals surface area contributed by atoms with Crippen molar-refractivity contribution in [3.63, 3.8) is 0 Å². The molecule has 33 heavy (non-hydrogen) atoms. The number of benzene rings is 1. The highest BCUT2D eigenvalue weighted by Crippen LogP contribution is 2.47. The Morgan fingerprint density at radius 2 is 1.94 bits per heavy atom. The van der Waals surface area contributed by atoms with E-state index in [-0.39, 0.29) is 31.0 Å². The fourth-order valence-electron chi connectivity index (χ4n) is 4.87. The number of rotatable bonds is 6. The van der Waals surface area contributed by atoms with E-state index in [4.69, 9.17) is 9.47 Å². The van der Waals surface area contributed by atoms with Crippen LogP contribution in [0.3, 0.4) is 0 Å². The number of ether oxygens (including phenoxy) is 2. The highest BCUT2D eigenvalue weighted by Gasteiger charge is 2.46. The molecule has 1 aliphatic carbocycles. The van der Waals surface area contributed by atoms with Crippen molar-refractivity contribution < 1.29 is 37.3 Å². The van der Waals surface area contributed by atoms with E-state index < -0.39 is 36.9 Å². The fraction of sp³-hybridized carbons (Fsp3) is 0.636. The minimum atomic E-state index is -4.49. The zero-order chi connectivity index (χ0) is 23.6. The molecular formula is C22H28F3N3O5. The molecule has 11 heteroatoms. The van der Waals surface area contributed by atoms with Crippen molar-refractivity contribution in [2.45, 2.75) is 75.0 Å². The van der Waals surface area contributed by atoms with Crippen LogP contribution < -0.4 is 20.7 Å². The van der Waals surface area contributed by atoms with Crippen molar-refractivity contribution in [2.24, 2.45) is 0 Å². The van der Waals surface area contributed by atoms with Crippen LogP contribution in [0.2, 0.25) is 0 Å². The summed E-state index contributed by atoms with van der Waals surface area (Å²) in [5.74, 6) is -0.410. The van der Waals surface area contributed by atoms with Crippen LogP contribution in [0.4, 0.5) is 23.7 Å². The standard InChI is InChI=1S/C22H28F3N3O5/c23-22(24,25)11-26-19(30)9-14-8-16-15-7-13(28-21(31)27-12-3-1-2-4-12)5-6-17(15)33-20(16)18(10-29)32-14/h5-7,12,14,16,18,20,29H,1-4,8-11H2,(H,26,30)(H2,27,28,31)/t14-,16+,18-,20-/m0/s1. The first kappa shape index (κ1) is 23.6. The van der Waals surface area contributed by atoms with Gasteiger partial charge in [0.2, 0.25) is 5.91 Å². The van der Waals surface area contributed by atoms with Crippen LogP contribution in [-0.4, -0.2) is 60.7 Å². The van der Waals surface area contributed by atoms with Crippen LogP contribution in [0.25, 0.3) is 0 Å². The number of alkyl halides is 3. The number of halogens is 3. The Bertz CT molecular complexity index is 875. The maximum absolute atomic E-state index is 12.4. The summed E-state index contributed by atoms with van der Waals surface area (Å²) in [7, 11) is 0. The van der Waals surface area contributed by atoms with E-state index in [9.17, 15) is 27.9 Å². The first-order chi connectivity index (χ1) is 15.7. The van der Waals surface area contributed by atoms with Crippen LogP contribution in [-0.2, 0) is 9.53 Å². The van der Waals surface area contributed by atoms with Crippen LogP contribution >= 0.6 is 0 Å². The number of fused-ring (bicyclic) bond motifs is 3. The Morgan fingerprint density at radius 1 is 1.18 bits per heavy atom. The number of aliphatic hydroxyl groups excluding tert-OH is 1.